The van der Waals surface area contributed by atoms with Crippen LogP contribution in [0.15, 0.2) is 11.1 Å². The molecule has 10 unspecified atom stereocenters. The van der Waals surface area contributed by atoms with E-state index in [9.17, 15) is 34.5 Å². The molecule has 3 fully saturated rings. The van der Waals surface area contributed by atoms with Gasteiger partial charge >= 0.3 is 23.9 Å². The third kappa shape index (κ3) is 4.17. The Morgan fingerprint density at radius 3 is 1.95 bits per heavy atom. The zero-order valence-corrected chi connectivity index (χ0v) is 24.2. The summed E-state index contributed by atoms with van der Waals surface area (Å²) in [6.45, 7) is 11.1. The van der Waals surface area contributed by atoms with E-state index in [-0.39, 0.29) is 25.0 Å². The van der Waals surface area contributed by atoms with Crippen molar-refractivity contribution in [3.63, 3.8) is 0 Å². The molecule has 4 rings (SSSR count). The molecule has 1 aliphatic heterocycles. The molecule has 2 bridgehead atoms. The molecule has 0 spiro atoms. The molecule has 0 aromatic rings. The maximum Gasteiger partial charge on any atom is 0.303 e. The fraction of sp³-hybridized carbons (Fsp3) is 0.786. The summed E-state index contributed by atoms with van der Waals surface area (Å²) in [5, 5.41) is 36.6. The van der Waals surface area contributed by atoms with E-state index in [1.165, 1.54) is 27.7 Å². The van der Waals surface area contributed by atoms with Gasteiger partial charge in [-0.1, -0.05) is 20.8 Å². The molecule has 0 aromatic carbocycles. The molecule has 4 aliphatic rings. The number of rotatable bonds is 4. The van der Waals surface area contributed by atoms with Crippen molar-refractivity contribution in [2.75, 3.05) is 6.61 Å². The first-order valence-corrected chi connectivity index (χ1v) is 13.5. The number of aliphatic hydroxyl groups is 3. The van der Waals surface area contributed by atoms with Crippen LogP contribution >= 0.6 is 0 Å². The second kappa shape index (κ2) is 9.78. The van der Waals surface area contributed by atoms with Gasteiger partial charge in [0.2, 0.25) is 0 Å². The Morgan fingerprint density at radius 1 is 0.900 bits per heavy atom. The molecule has 40 heavy (non-hydrogen) atoms. The molecule has 10 atom stereocenters. The van der Waals surface area contributed by atoms with Gasteiger partial charge in [-0.25, -0.2) is 0 Å². The fourth-order valence-corrected chi connectivity index (χ4v) is 7.88. The Balaban J connectivity index is 2.12. The zero-order chi connectivity index (χ0) is 30.2. The largest absolute Gasteiger partial charge is 0.459 e. The third-order valence-electron chi connectivity index (χ3n) is 9.78. The molecule has 12 heteroatoms. The highest BCUT2D eigenvalue weighted by molar-refractivity contribution is 5.69. The van der Waals surface area contributed by atoms with Gasteiger partial charge in [-0.3, -0.25) is 19.2 Å². The van der Waals surface area contributed by atoms with Crippen LogP contribution < -0.4 is 0 Å². The molecule has 224 valence electrons. The molecular formula is C28H40O12. The summed E-state index contributed by atoms with van der Waals surface area (Å²) in [6.07, 6.45) is -8.04. The number of fused-ring (bicyclic) bond motifs is 5. The summed E-state index contributed by atoms with van der Waals surface area (Å²) in [7, 11) is 0. The first kappa shape index (κ1) is 30.4. The SMILES string of the molecule is CC(=O)OC1CC2(O)C(OC(C)=O)C3C4(OC(C)=O)COC4CC(O)C3(C)C(O)C(OC(C)=O)C(=C1C)C2(C)C. The van der Waals surface area contributed by atoms with Crippen LogP contribution in [0, 0.1) is 16.7 Å². The molecule has 0 aromatic heterocycles. The van der Waals surface area contributed by atoms with Crippen LogP contribution in [0.4, 0.5) is 0 Å². The van der Waals surface area contributed by atoms with E-state index in [0.717, 1.165) is 6.92 Å². The number of carbonyl (C=O) groups is 4. The van der Waals surface area contributed by atoms with Gasteiger partial charge in [-0.2, -0.15) is 0 Å². The van der Waals surface area contributed by atoms with Crippen molar-refractivity contribution in [3.05, 3.63) is 11.1 Å². The average Bonchev–Trinajstić information content (AvgIpc) is 2.80. The Morgan fingerprint density at radius 2 is 1.48 bits per heavy atom. The molecule has 1 heterocycles. The smallest absolute Gasteiger partial charge is 0.303 e. The summed E-state index contributed by atoms with van der Waals surface area (Å²) in [5.41, 5.74) is -5.87. The number of esters is 4. The molecule has 12 nitrogen and oxygen atoms in total. The molecule has 1 saturated heterocycles. The van der Waals surface area contributed by atoms with Gasteiger partial charge in [0.05, 0.1) is 18.6 Å². The van der Waals surface area contributed by atoms with E-state index in [2.05, 4.69) is 0 Å². The van der Waals surface area contributed by atoms with Crippen LogP contribution in [0.2, 0.25) is 0 Å². The van der Waals surface area contributed by atoms with Gasteiger partial charge in [0.15, 0.2) is 11.7 Å². The summed E-state index contributed by atoms with van der Waals surface area (Å²) >= 11 is 0. The lowest BCUT2D eigenvalue weighted by Crippen LogP contribution is -2.82. The normalized spacial score (nSPS) is 43.5. The van der Waals surface area contributed by atoms with Crippen molar-refractivity contribution in [3.8, 4) is 0 Å². The number of carbonyl (C=O) groups excluding carboxylic acids is 4. The van der Waals surface area contributed by atoms with Crippen LogP contribution in [0.5, 0.6) is 0 Å². The third-order valence-corrected chi connectivity index (χ3v) is 9.78. The maximum atomic E-state index is 12.8. The first-order chi connectivity index (χ1) is 18.3. The molecule has 0 radical (unpaired) electrons. The van der Waals surface area contributed by atoms with E-state index >= 15 is 0 Å². The zero-order valence-electron chi connectivity index (χ0n) is 24.2. The van der Waals surface area contributed by atoms with Gasteiger partial charge in [-0.05, 0) is 18.1 Å². The van der Waals surface area contributed by atoms with Gasteiger partial charge in [-0.15, -0.1) is 0 Å². The van der Waals surface area contributed by atoms with Gasteiger partial charge in [0.1, 0.15) is 30.0 Å². The summed E-state index contributed by atoms with van der Waals surface area (Å²) in [4.78, 5) is 49.7. The number of ether oxygens (including phenoxy) is 5. The van der Waals surface area contributed by atoms with Crippen LogP contribution in [-0.2, 0) is 42.9 Å². The summed E-state index contributed by atoms with van der Waals surface area (Å²) in [6, 6.07) is 0. The highest BCUT2D eigenvalue weighted by Crippen LogP contribution is 2.65. The van der Waals surface area contributed by atoms with E-state index < -0.39 is 88.5 Å². The van der Waals surface area contributed by atoms with E-state index in [0.29, 0.717) is 5.57 Å². The van der Waals surface area contributed by atoms with Crippen molar-refractivity contribution >= 4 is 23.9 Å². The lowest BCUT2D eigenvalue weighted by molar-refractivity contribution is -0.366. The van der Waals surface area contributed by atoms with Crippen LogP contribution in [-0.4, -0.2) is 93.6 Å². The van der Waals surface area contributed by atoms with E-state index in [1.807, 2.05) is 0 Å². The molecule has 3 N–H and O–H groups in total. The Hall–Kier alpha value is -2.54. The second-order valence-electron chi connectivity index (χ2n) is 12.4. The van der Waals surface area contributed by atoms with Crippen LogP contribution in [0.1, 0.15) is 68.2 Å². The van der Waals surface area contributed by atoms with Crippen molar-refractivity contribution < 1.29 is 58.2 Å². The topological polar surface area (TPSA) is 175 Å². The lowest BCUT2D eigenvalue weighted by Gasteiger charge is -2.69. The number of hydrogen-bond donors (Lipinski definition) is 3. The van der Waals surface area contributed by atoms with Crippen molar-refractivity contribution in [1.29, 1.82) is 0 Å². The lowest BCUT2D eigenvalue weighted by atomic mass is 9.44. The Kier molecular flexibility index (Phi) is 7.44. The molecule has 2 saturated carbocycles. The average molecular weight is 569 g/mol. The standard InChI is InChI=1S/C28H40O12/c1-12-17(37-13(2)29)10-28(35)24(39-15(4)31)22-26(8,18(33)9-19-27(22,11-36-19)40-16(5)32)23(34)21(38-14(3)30)20(12)25(28,6)7/h17-19,21-24,33-35H,9-11H2,1-8H3. The highest BCUT2D eigenvalue weighted by Gasteiger charge is 2.78. The Bertz CT molecular complexity index is 1140. The minimum atomic E-state index is -2.04. The van der Waals surface area contributed by atoms with Gasteiger partial charge in [0.25, 0.3) is 0 Å². The van der Waals surface area contributed by atoms with Crippen LogP contribution in [0.3, 0.4) is 0 Å². The summed E-state index contributed by atoms with van der Waals surface area (Å²) < 4.78 is 28.9. The monoisotopic (exact) mass is 568 g/mol. The van der Waals surface area contributed by atoms with Gasteiger partial charge in [0, 0.05) is 51.4 Å². The van der Waals surface area contributed by atoms with Crippen LogP contribution in [0.25, 0.3) is 0 Å². The van der Waals surface area contributed by atoms with E-state index in [1.54, 1.807) is 20.8 Å². The predicted molar refractivity (Wildman–Crippen MR) is 135 cm³/mol. The molecular weight excluding hydrogens is 528 g/mol. The fourth-order valence-electron chi connectivity index (χ4n) is 7.88. The number of aliphatic hydroxyl groups excluding tert-OH is 2. The summed E-state index contributed by atoms with van der Waals surface area (Å²) in [5.74, 6) is -4.06. The first-order valence-electron chi connectivity index (χ1n) is 13.5. The molecule has 3 aliphatic carbocycles. The molecule has 0 amide bonds. The van der Waals surface area contributed by atoms with Gasteiger partial charge < -0.3 is 39.0 Å². The minimum absolute atomic E-state index is 0.0488. The van der Waals surface area contributed by atoms with Crippen molar-refractivity contribution in [1.82, 2.24) is 0 Å². The van der Waals surface area contributed by atoms with Crippen molar-refractivity contribution in [2.24, 2.45) is 16.7 Å². The maximum absolute atomic E-state index is 12.8. The van der Waals surface area contributed by atoms with Crippen molar-refractivity contribution in [2.45, 2.75) is 116 Å². The minimum Gasteiger partial charge on any atom is -0.459 e. The quantitative estimate of drug-likeness (QED) is 0.247. The Labute approximate surface area is 232 Å². The number of hydrogen-bond acceptors (Lipinski definition) is 12. The second-order valence-corrected chi connectivity index (χ2v) is 12.4. The van der Waals surface area contributed by atoms with E-state index in [4.69, 9.17) is 23.7 Å². The predicted octanol–water partition coefficient (Wildman–Crippen LogP) is 0.721. The highest BCUT2D eigenvalue weighted by atomic mass is 16.6.